The number of anilines is 1. The molecule has 0 bridgehead atoms. The van der Waals surface area contributed by atoms with Crippen LogP contribution in [0.3, 0.4) is 0 Å². The second-order valence-corrected chi connectivity index (χ2v) is 3.74. The molecule has 1 fully saturated rings. The van der Waals surface area contributed by atoms with Crippen LogP contribution in [-0.4, -0.2) is 26.8 Å². The van der Waals surface area contributed by atoms with Gasteiger partial charge in [-0.15, -0.1) is 0 Å². The van der Waals surface area contributed by atoms with Gasteiger partial charge in [0.15, 0.2) is 0 Å². The number of carboxylic acids is 1. The van der Waals surface area contributed by atoms with E-state index in [-0.39, 0.29) is 0 Å². The third kappa shape index (κ3) is 1.58. The lowest BCUT2D eigenvalue weighted by Crippen LogP contribution is -2.31. The number of rotatable bonds is 3. The monoisotopic (exact) mass is 209 g/mol. The van der Waals surface area contributed by atoms with Gasteiger partial charge in [-0.05, 0) is 12.8 Å². The molecule has 0 radical (unpaired) electrons. The first-order chi connectivity index (χ1) is 7.04. The van der Waals surface area contributed by atoms with Gasteiger partial charge in [-0.25, -0.2) is 0 Å². The Morgan fingerprint density at radius 3 is 2.67 bits per heavy atom. The quantitative estimate of drug-likeness (QED) is 0.697. The maximum atomic E-state index is 11.6. The Kier molecular flexibility index (Phi) is 1.99. The van der Waals surface area contributed by atoms with Crippen LogP contribution in [0.15, 0.2) is 12.4 Å². The molecule has 0 aromatic carbocycles. The van der Waals surface area contributed by atoms with Gasteiger partial charge in [0.05, 0.1) is 11.9 Å². The summed E-state index contributed by atoms with van der Waals surface area (Å²) in [6.45, 7) is 0. The Labute approximate surface area is 85.9 Å². The van der Waals surface area contributed by atoms with Crippen LogP contribution in [0.2, 0.25) is 0 Å². The van der Waals surface area contributed by atoms with E-state index in [0.29, 0.717) is 18.5 Å². The van der Waals surface area contributed by atoms with Crippen molar-refractivity contribution >= 4 is 17.6 Å². The van der Waals surface area contributed by atoms with Gasteiger partial charge >= 0.3 is 5.97 Å². The van der Waals surface area contributed by atoms with E-state index in [0.717, 1.165) is 0 Å². The molecule has 0 atom stereocenters. The van der Waals surface area contributed by atoms with E-state index in [4.69, 9.17) is 5.11 Å². The molecule has 2 rings (SSSR count). The summed E-state index contributed by atoms with van der Waals surface area (Å²) in [7, 11) is 1.72. The predicted octanol–water partition coefficient (Wildman–Crippen LogP) is 0.223. The lowest BCUT2D eigenvalue weighted by molar-refractivity contribution is -0.147. The molecular formula is C9H11N3O3. The van der Waals surface area contributed by atoms with E-state index in [1.165, 1.54) is 10.9 Å². The summed E-state index contributed by atoms with van der Waals surface area (Å²) in [6, 6.07) is 0. The molecule has 1 aliphatic carbocycles. The molecule has 80 valence electrons. The highest BCUT2D eigenvalue weighted by Gasteiger charge is 2.57. The third-order valence-electron chi connectivity index (χ3n) is 2.56. The normalized spacial score (nSPS) is 17.1. The Hall–Kier alpha value is -1.85. The highest BCUT2D eigenvalue weighted by Crippen LogP contribution is 2.46. The van der Waals surface area contributed by atoms with E-state index < -0.39 is 17.3 Å². The molecule has 6 nitrogen and oxygen atoms in total. The molecule has 0 saturated heterocycles. The number of nitrogens with one attached hydrogen (secondary N) is 1. The van der Waals surface area contributed by atoms with Crippen molar-refractivity contribution in [3.05, 3.63) is 12.4 Å². The van der Waals surface area contributed by atoms with Gasteiger partial charge in [-0.1, -0.05) is 0 Å². The van der Waals surface area contributed by atoms with Gasteiger partial charge in [-0.2, -0.15) is 5.10 Å². The van der Waals surface area contributed by atoms with Crippen molar-refractivity contribution in [1.29, 1.82) is 0 Å². The molecule has 1 aliphatic rings. The summed E-state index contributed by atoms with van der Waals surface area (Å²) < 4.78 is 1.54. The first-order valence-corrected chi connectivity index (χ1v) is 4.58. The van der Waals surface area contributed by atoms with Crippen molar-refractivity contribution < 1.29 is 14.7 Å². The molecule has 0 aliphatic heterocycles. The van der Waals surface area contributed by atoms with Crippen molar-refractivity contribution in [2.24, 2.45) is 12.5 Å². The van der Waals surface area contributed by atoms with E-state index in [2.05, 4.69) is 10.4 Å². The van der Waals surface area contributed by atoms with Gasteiger partial charge in [0.1, 0.15) is 5.41 Å². The van der Waals surface area contributed by atoms with Gasteiger partial charge in [0.25, 0.3) is 0 Å². The Morgan fingerprint density at radius 1 is 1.60 bits per heavy atom. The van der Waals surface area contributed by atoms with E-state index in [1.807, 2.05) is 0 Å². The molecule has 2 N–H and O–H groups in total. The minimum atomic E-state index is -1.20. The molecule has 15 heavy (non-hydrogen) atoms. The number of hydrogen-bond acceptors (Lipinski definition) is 3. The Bertz CT molecular complexity index is 420. The molecule has 0 unspecified atom stereocenters. The molecule has 1 heterocycles. The lowest BCUT2D eigenvalue weighted by atomic mass is 10.1. The third-order valence-corrected chi connectivity index (χ3v) is 2.56. The van der Waals surface area contributed by atoms with Crippen molar-refractivity contribution in [1.82, 2.24) is 9.78 Å². The van der Waals surface area contributed by atoms with Crippen LogP contribution in [0.5, 0.6) is 0 Å². The van der Waals surface area contributed by atoms with Crippen LogP contribution in [0, 0.1) is 5.41 Å². The largest absolute Gasteiger partial charge is 0.480 e. The number of aryl methyl sites for hydroxylation is 1. The molecule has 1 aromatic heterocycles. The molecular weight excluding hydrogens is 198 g/mol. The number of aliphatic carboxylic acids is 1. The number of nitrogens with zero attached hydrogens (tertiary/aromatic N) is 2. The zero-order valence-corrected chi connectivity index (χ0v) is 8.23. The van der Waals surface area contributed by atoms with Crippen LogP contribution in [0.25, 0.3) is 0 Å². The van der Waals surface area contributed by atoms with Gasteiger partial charge in [0, 0.05) is 13.2 Å². The van der Waals surface area contributed by atoms with Crippen molar-refractivity contribution in [3.8, 4) is 0 Å². The average Bonchev–Trinajstić information content (AvgIpc) is 2.88. The average molecular weight is 209 g/mol. The van der Waals surface area contributed by atoms with E-state index in [9.17, 15) is 9.59 Å². The lowest BCUT2D eigenvalue weighted by Gasteiger charge is -2.08. The van der Waals surface area contributed by atoms with Crippen molar-refractivity contribution in [3.63, 3.8) is 0 Å². The van der Waals surface area contributed by atoms with Gasteiger partial charge in [0.2, 0.25) is 5.91 Å². The SMILES string of the molecule is Cn1cc(NC(=O)C2(C(=O)O)CC2)cn1. The zero-order chi connectivity index (χ0) is 11.1. The van der Waals surface area contributed by atoms with Gasteiger partial charge < -0.3 is 10.4 Å². The van der Waals surface area contributed by atoms with Gasteiger partial charge in [-0.3, -0.25) is 14.3 Å². The highest BCUT2D eigenvalue weighted by atomic mass is 16.4. The highest BCUT2D eigenvalue weighted by molar-refractivity contribution is 6.10. The fourth-order valence-corrected chi connectivity index (χ4v) is 1.40. The minimum Gasteiger partial charge on any atom is -0.480 e. The molecule has 1 amide bonds. The number of carboxylic acid groups (broad SMARTS) is 1. The smallest absolute Gasteiger partial charge is 0.319 e. The topological polar surface area (TPSA) is 84.2 Å². The summed E-state index contributed by atoms with van der Waals surface area (Å²) in [4.78, 5) is 22.5. The van der Waals surface area contributed by atoms with E-state index in [1.54, 1.807) is 13.2 Å². The molecule has 1 saturated carbocycles. The standard InChI is InChI=1S/C9H11N3O3/c1-12-5-6(4-10-12)11-7(13)9(2-3-9)8(14)15/h4-5H,2-3H2,1H3,(H,11,13)(H,14,15). The summed E-state index contributed by atoms with van der Waals surface area (Å²) in [6.07, 6.45) is 3.93. The predicted molar refractivity (Wildman–Crippen MR) is 51.1 cm³/mol. The maximum Gasteiger partial charge on any atom is 0.319 e. The van der Waals surface area contributed by atoms with E-state index >= 15 is 0 Å². The molecule has 6 heteroatoms. The maximum absolute atomic E-state index is 11.6. The summed E-state index contributed by atoms with van der Waals surface area (Å²) >= 11 is 0. The zero-order valence-electron chi connectivity index (χ0n) is 8.23. The van der Waals surface area contributed by atoms with Crippen molar-refractivity contribution in [2.45, 2.75) is 12.8 Å². The second-order valence-electron chi connectivity index (χ2n) is 3.74. The number of amides is 1. The Morgan fingerprint density at radius 2 is 2.27 bits per heavy atom. The van der Waals surface area contributed by atoms with Crippen LogP contribution < -0.4 is 5.32 Å². The molecule has 0 spiro atoms. The van der Waals surface area contributed by atoms with Crippen molar-refractivity contribution in [2.75, 3.05) is 5.32 Å². The number of aromatic nitrogens is 2. The summed E-state index contributed by atoms with van der Waals surface area (Å²) in [5.41, 5.74) is -0.675. The minimum absolute atomic E-state index is 0.411. The second kappa shape index (κ2) is 3.08. The fourth-order valence-electron chi connectivity index (χ4n) is 1.40. The first-order valence-electron chi connectivity index (χ1n) is 4.58. The summed E-state index contributed by atoms with van der Waals surface area (Å²) in [5.74, 6) is -1.51. The number of hydrogen-bond donors (Lipinski definition) is 2. The molecule has 1 aromatic rings. The number of carbonyl (C=O) groups is 2. The fraction of sp³-hybridized carbons (Fsp3) is 0.444. The number of carbonyl (C=O) groups excluding carboxylic acids is 1. The van der Waals surface area contributed by atoms with Crippen LogP contribution >= 0.6 is 0 Å². The Balaban J connectivity index is 2.08. The van der Waals surface area contributed by atoms with Crippen LogP contribution in [0.1, 0.15) is 12.8 Å². The first kappa shape index (κ1) is 9.70. The summed E-state index contributed by atoms with van der Waals surface area (Å²) in [5, 5.41) is 15.3. The van der Waals surface area contributed by atoms with Crippen LogP contribution in [-0.2, 0) is 16.6 Å². The van der Waals surface area contributed by atoms with Crippen LogP contribution in [0.4, 0.5) is 5.69 Å².